The van der Waals surface area contributed by atoms with Gasteiger partial charge >= 0.3 is 0 Å². The molecule has 0 unspecified atom stereocenters. The number of hydrogen-bond acceptors (Lipinski definition) is 2. The van der Waals surface area contributed by atoms with Crippen LogP contribution >= 0.6 is 11.8 Å². The van der Waals surface area contributed by atoms with Gasteiger partial charge < -0.3 is 5.73 Å². The van der Waals surface area contributed by atoms with Crippen molar-refractivity contribution in [1.82, 2.24) is 0 Å². The standard InChI is InChI=1S/C15H17NS/c1-17-15(13-10-6-3-7-11-13)14(16)12-8-4-2-5-9-12/h2-11,14-15H,16H2,1H3/t14-,15+/m1/s1. The lowest BCUT2D eigenvalue weighted by molar-refractivity contribution is 0.707. The van der Waals surface area contributed by atoms with Crippen LogP contribution in [0.1, 0.15) is 22.4 Å². The summed E-state index contributed by atoms with van der Waals surface area (Å²) in [5, 5.41) is 0.304. The van der Waals surface area contributed by atoms with Crippen LogP contribution in [0.3, 0.4) is 0 Å². The van der Waals surface area contributed by atoms with Crippen molar-refractivity contribution < 1.29 is 0 Å². The molecule has 1 nitrogen and oxygen atoms in total. The fourth-order valence-corrected chi connectivity index (χ4v) is 2.86. The largest absolute Gasteiger partial charge is 0.323 e. The summed E-state index contributed by atoms with van der Waals surface area (Å²) < 4.78 is 0. The Labute approximate surface area is 107 Å². The van der Waals surface area contributed by atoms with E-state index in [4.69, 9.17) is 5.73 Å². The van der Waals surface area contributed by atoms with Crippen LogP contribution in [0.2, 0.25) is 0 Å². The van der Waals surface area contributed by atoms with Gasteiger partial charge in [0, 0.05) is 11.3 Å². The predicted molar refractivity (Wildman–Crippen MR) is 76.1 cm³/mol. The molecule has 0 fully saturated rings. The zero-order valence-corrected chi connectivity index (χ0v) is 10.7. The lowest BCUT2D eigenvalue weighted by Crippen LogP contribution is -2.17. The molecule has 2 atom stereocenters. The van der Waals surface area contributed by atoms with E-state index in [0.717, 1.165) is 0 Å². The first-order valence-corrected chi connectivity index (χ1v) is 7.00. The summed E-state index contributed by atoms with van der Waals surface area (Å²) in [6, 6.07) is 20.8. The average molecular weight is 243 g/mol. The van der Waals surface area contributed by atoms with Crippen LogP contribution in [0.4, 0.5) is 0 Å². The second kappa shape index (κ2) is 5.89. The molecule has 2 N–H and O–H groups in total. The third kappa shape index (κ3) is 2.90. The summed E-state index contributed by atoms with van der Waals surface area (Å²) in [6.45, 7) is 0. The van der Waals surface area contributed by atoms with Crippen LogP contribution in [0.25, 0.3) is 0 Å². The summed E-state index contributed by atoms with van der Waals surface area (Å²) in [4.78, 5) is 0. The number of rotatable bonds is 4. The van der Waals surface area contributed by atoms with Crippen molar-refractivity contribution in [2.75, 3.05) is 6.26 Å². The van der Waals surface area contributed by atoms with Gasteiger partial charge in [0.05, 0.1) is 0 Å². The fourth-order valence-electron chi connectivity index (χ4n) is 1.98. The SMILES string of the molecule is CS[C@@H](c1ccccc1)[C@H](N)c1ccccc1. The highest BCUT2D eigenvalue weighted by atomic mass is 32.2. The van der Waals surface area contributed by atoms with Gasteiger partial charge in [-0.3, -0.25) is 0 Å². The third-order valence-electron chi connectivity index (χ3n) is 2.89. The predicted octanol–water partition coefficient (Wildman–Crippen LogP) is 3.79. The van der Waals surface area contributed by atoms with Crippen LogP contribution < -0.4 is 5.73 Å². The highest BCUT2D eigenvalue weighted by molar-refractivity contribution is 7.98. The van der Waals surface area contributed by atoms with Crippen LogP contribution in [0, 0.1) is 0 Å². The minimum atomic E-state index is 0.0357. The highest BCUT2D eigenvalue weighted by Crippen LogP contribution is 2.36. The van der Waals surface area contributed by atoms with Crippen molar-refractivity contribution in [3.63, 3.8) is 0 Å². The molecule has 0 saturated heterocycles. The van der Waals surface area contributed by atoms with Gasteiger partial charge in [0.15, 0.2) is 0 Å². The Balaban J connectivity index is 2.25. The molecule has 0 heterocycles. The summed E-state index contributed by atoms with van der Waals surface area (Å²) in [5.41, 5.74) is 8.84. The van der Waals surface area contributed by atoms with Crippen molar-refractivity contribution in [1.29, 1.82) is 0 Å². The van der Waals surface area contributed by atoms with Gasteiger partial charge in [-0.05, 0) is 17.4 Å². The second-order valence-corrected chi connectivity index (χ2v) is 4.98. The van der Waals surface area contributed by atoms with Crippen molar-refractivity contribution in [3.05, 3.63) is 71.8 Å². The van der Waals surface area contributed by atoms with E-state index in [1.54, 1.807) is 11.8 Å². The number of hydrogen-bond donors (Lipinski definition) is 1. The normalized spacial score (nSPS) is 14.2. The lowest BCUT2D eigenvalue weighted by atomic mass is 9.99. The maximum absolute atomic E-state index is 6.36. The van der Waals surface area contributed by atoms with E-state index < -0.39 is 0 Å². The van der Waals surface area contributed by atoms with E-state index in [-0.39, 0.29) is 6.04 Å². The van der Waals surface area contributed by atoms with E-state index >= 15 is 0 Å². The smallest absolute Gasteiger partial charge is 0.0487 e. The van der Waals surface area contributed by atoms with Gasteiger partial charge in [0.2, 0.25) is 0 Å². The minimum absolute atomic E-state index is 0.0357. The molecule has 0 bridgehead atoms. The molecule has 0 amide bonds. The zero-order chi connectivity index (χ0) is 12.1. The van der Waals surface area contributed by atoms with E-state index in [0.29, 0.717) is 5.25 Å². The Hall–Kier alpha value is -1.25. The van der Waals surface area contributed by atoms with Crippen molar-refractivity contribution in [3.8, 4) is 0 Å². The molecule has 0 aromatic heterocycles. The minimum Gasteiger partial charge on any atom is -0.323 e. The quantitative estimate of drug-likeness (QED) is 0.884. The van der Waals surface area contributed by atoms with Gasteiger partial charge in [0.25, 0.3) is 0 Å². The molecule has 0 aliphatic carbocycles. The Morgan fingerprint density at radius 3 is 1.76 bits per heavy atom. The van der Waals surface area contributed by atoms with Gasteiger partial charge in [-0.15, -0.1) is 0 Å². The van der Waals surface area contributed by atoms with E-state index in [1.165, 1.54) is 11.1 Å². The molecule has 88 valence electrons. The monoisotopic (exact) mass is 243 g/mol. The van der Waals surface area contributed by atoms with Crippen LogP contribution in [0.15, 0.2) is 60.7 Å². The second-order valence-electron chi connectivity index (χ2n) is 4.00. The molecule has 0 saturated carbocycles. The van der Waals surface area contributed by atoms with Gasteiger partial charge in [-0.2, -0.15) is 11.8 Å². The molecule has 0 aliphatic rings. The maximum Gasteiger partial charge on any atom is 0.0487 e. The highest BCUT2D eigenvalue weighted by Gasteiger charge is 2.19. The van der Waals surface area contributed by atoms with E-state index in [1.807, 2.05) is 24.3 Å². The first kappa shape index (κ1) is 12.2. The Kier molecular flexibility index (Phi) is 4.24. The molecule has 2 aromatic carbocycles. The van der Waals surface area contributed by atoms with Gasteiger partial charge in [0.1, 0.15) is 0 Å². The van der Waals surface area contributed by atoms with Crippen molar-refractivity contribution in [2.45, 2.75) is 11.3 Å². The third-order valence-corrected chi connectivity index (χ3v) is 3.97. The number of benzene rings is 2. The Bertz CT molecular complexity index is 441. The van der Waals surface area contributed by atoms with Crippen LogP contribution in [-0.4, -0.2) is 6.26 Å². The van der Waals surface area contributed by atoms with Crippen LogP contribution in [-0.2, 0) is 0 Å². The topological polar surface area (TPSA) is 26.0 Å². The summed E-state index contributed by atoms with van der Waals surface area (Å²) >= 11 is 1.80. The summed E-state index contributed by atoms with van der Waals surface area (Å²) in [7, 11) is 0. The zero-order valence-electron chi connectivity index (χ0n) is 9.91. The Morgan fingerprint density at radius 1 is 0.824 bits per heavy atom. The first-order chi connectivity index (χ1) is 8.33. The van der Waals surface area contributed by atoms with E-state index in [2.05, 4.69) is 42.7 Å². The fraction of sp³-hybridized carbons (Fsp3) is 0.200. The van der Waals surface area contributed by atoms with Crippen LogP contribution in [0.5, 0.6) is 0 Å². The molecule has 0 spiro atoms. The first-order valence-electron chi connectivity index (χ1n) is 5.71. The van der Waals surface area contributed by atoms with E-state index in [9.17, 15) is 0 Å². The number of nitrogens with two attached hydrogens (primary N) is 1. The molecule has 2 rings (SSSR count). The summed E-state index contributed by atoms with van der Waals surface area (Å²) in [6.07, 6.45) is 2.11. The average Bonchev–Trinajstić information content (AvgIpc) is 2.42. The molecule has 17 heavy (non-hydrogen) atoms. The molecular formula is C15H17NS. The number of thioether (sulfide) groups is 1. The molecule has 2 heteroatoms. The van der Waals surface area contributed by atoms with Crippen molar-refractivity contribution >= 4 is 11.8 Å². The maximum atomic E-state index is 6.36. The molecule has 0 radical (unpaired) electrons. The lowest BCUT2D eigenvalue weighted by Gasteiger charge is -2.22. The molecular weight excluding hydrogens is 226 g/mol. The summed E-state index contributed by atoms with van der Waals surface area (Å²) in [5.74, 6) is 0. The Morgan fingerprint density at radius 2 is 1.29 bits per heavy atom. The molecule has 2 aromatic rings. The van der Waals surface area contributed by atoms with Gasteiger partial charge in [-0.25, -0.2) is 0 Å². The van der Waals surface area contributed by atoms with Gasteiger partial charge in [-0.1, -0.05) is 60.7 Å². The van der Waals surface area contributed by atoms with Crippen molar-refractivity contribution in [2.24, 2.45) is 5.73 Å². The molecule has 0 aliphatic heterocycles.